The van der Waals surface area contributed by atoms with Crippen LogP contribution in [0.1, 0.15) is 50.0 Å². The van der Waals surface area contributed by atoms with Crippen LogP contribution >= 0.6 is 0 Å². The van der Waals surface area contributed by atoms with Gasteiger partial charge in [-0.05, 0) is 43.9 Å². The summed E-state index contributed by atoms with van der Waals surface area (Å²) in [4.78, 5) is 23.3. The molecule has 9 heteroatoms. The number of amides is 1. The Hall–Kier alpha value is -2.29. The standard InChI is InChI=1S/C21H30F3NO5/c1-14(2)17(25-13-26)11-15-7-8-16(18(12-15)29-10-6-9-28-5)19(27)30-20(3,4)21(22,23)24/h7-8,12-14,17H,6,9-11H2,1-5H3,(H,25,26). The lowest BCUT2D eigenvalue weighted by Gasteiger charge is -2.28. The molecule has 1 rings (SSSR count). The van der Waals surface area contributed by atoms with Crippen molar-refractivity contribution in [3.63, 3.8) is 0 Å². The first kappa shape index (κ1) is 25.7. The Morgan fingerprint density at radius 3 is 2.40 bits per heavy atom. The number of rotatable bonds is 12. The summed E-state index contributed by atoms with van der Waals surface area (Å²) in [6.07, 6.45) is -3.09. The molecule has 0 spiro atoms. The number of alkyl halides is 3. The zero-order chi connectivity index (χ0) is 22.9. The van der Waals surface area contributed by atoms with E-state index in [1.54, 1.807) is 12.1 Å². The second kappa shape index (κ2) is 11.2. The molecule has 1 aromatic carbocycles. The molecule has 0 saturated carbocycles. The molecular formula is C21H30F3NO5. The van der Waals surface area contributed by atoms with Crippen molar-refractivity contribution in [2.75, 3.05) is 20.3 Å². The molecule has 0 heterocycles. The van der Waals surface area contributed by atoms with Gasteiger partial charge in [0, 0.05) is 26.2 Å². The van der Waals surface area contributed by atoms with Crippen molar-refractivity contribution in [2.45, 2.75) is 58.4 Å². The van der Waals surface area contributed by atoms with E-state index in [0.717, 1.165) is 19.4 Å². The lowest BCUT2D eigenvalue weighted by molar-refractivity contribution is -0.244. The van der Waals surface area contributed by atoms with Crippen LogP contribution in [0, 0.1) is 5.92 Å². The third kappa shape index (κ3) is 7.51. The van der Waals surface area contributed by atoms with Gasteiger partial charge in [-0.3, -0.25) is 4.79 Å². The Morgan fingerprint density at radius 1 is 1.20 bits per heavy atom. The molecule has 0 saturated heterocycles. The lowest BCUT2D eigenvalue weighted by Crippen LogP contribution is -2.43. The van der Waals surface area contributed by atoms with E-state index < -0.39 is 17.7 Å². The third-order valence-electron chi connectivity index (χ3n) is 4.59. The number of methoxy groups -OCH3 is 1. The first-order chi connectivity index (χ1) is 13.9. The van der Waals surface area contributed by atoms with Crippen molar-refractivity contribution in [3.05, 3.63) is 29.3 Å². The highest BCUT2D eigenvalue weighted by molar-refractivity contribution is 5.93. The molecule has 0 aromatic heterocycles. The van der Waals surface area contributed by atoms with E-state index in [2.05, 4.69) is 5.32 Å². The van der Waals surface area contributed by atoms with Crippen molar-refractivity contribution in [2.24, 2.45) is 5.92 Å². The quantitative estimate of drug-likeness (QED) is 0.307. The van der Waals surface area contributed by atoms with Gasteiger partial charge in [0.25, 0.3) is 0 Å². The number of halogens is 3. The molecule has 1 aromatic rings. The number of benzene rings is 1. The van der Waals surface area contributed by atoms with Crippen LogP contribution in [0.4, 0.5) is 13.2 Å². The van der Waals surface area contributed by atoms with Gasteiger partial charge < -0.3 is 19.5 Å². The van der Waals surface area contributed by atoms with E-state index >= 15 is 0 Å². The fraction of sp³-hybridized carbons (Fsp3) is 0.619. The van der Waals surface area contributed by atoms with Crippen molar-refractivity contribution >= 4 is 12.4 Å². The van der Waals surface area contributed by atoms with E-state index in [9.17, 15) is 22.8 Å². The second-order valence-corrected chi connectivity index (χ2v) is 7.76. The molecule has 1 unspecified atom stereocenters. The van der Waals surface area contributed by atoms with Crippen molar-refractivity contribution in [3.8, 4) is 5.75 Å². The predicted octanol–water partition coefficient (Wildman–Crippen LogP) is 3.91. The number of carbonyl (C=O) groups excluding carboxylic acids is 2. The fourth-order valence-corrected chi connectivity index (χ4v) is 2.54. The van der Waals surface area contributed by atoms with Gasteiger partial charge in [0.1, 0.15) is 11.3 Å². The zero-order valence-corrected chi connectivity index (χ0v) is 18.0. The lowest BCUT2D eigenvalue weighted by atomic mass is 9.95. The highest BCUT2D eigenvalue weighted by Gasteiger charge is 2.51. The molecule has 170 valence electrons. The Morgan fingerprint density at radius 2 is 1.87 bits per heavy atom. The Kier molecular flexibility index (Phi) is 9.61. The van der Waals surface area contributed by atoms with Crippen LogP contribution in [-0.4, -0.2) is 50.5 Å². The largest absolute Gasteiger partial charge is 0.493 e. The van der Waals surface area contributed by atoms with E-state index in [0.29, 0.717) is 25.9 Å². The normalized spacial score (nSPS) is 13.1. The molecule has 0 radical (unpaired) electrons. The highest BCUT2D eigenvalue weighted by Crippen LogP contribution is 2.34. The Bertz CT molecular complexity index is 704. The van der Waals surface area contributed by atoms with E-state index in [-0.39, 0.29) is 29.9 Å². The molecule has 1 N–H and O–H groups in total. The summed E-state index contributed by atoms with van der Waals surface area (Å²) in [6.45, 7) is 6.12. The third-order valence-corrected chi connectivity index (χ3v) is 4.59. The van der Waals surface area contributed by atoms with Gasteiger partial charge in [0.05, 0.1) is 6.61 Å². The van der Waals surface area contributed by atoms with Crippen LogP contribution in [0.25, 0.3) is 0 Å². The maximum Gasteiger partial charge on any atom is 0.427 e. The summed E-state index contributed by atoms with van der Waals surface area (Å²) in [6, 6.07) is 4.44. The molecule has 1 amide bonds. The van der Waals surface area contributed by atoms with Crippen LogP contribution in [0.5, 0.6) is 5.75 Å². The molecule has 30 heavy (non-hydrogen) atoms. The van der Waals surface area contributed by atoms with E-state index in [1.165, 1.54) is 13.2 Å². The van der Waals surface area contributed by atoms with E-state index in [1.807, 2.05) is 13.8 Å². The maximum absolute atomic E-state index is 13.1. The van der Waals surface area contributed by atoms with Crippen LogP contribution in [0.15, 0.2) is 18.2 Å². The zero-order valence-electron chi connectivity index (χ0n) is 18.0. The number of nitrogens with one attached hydrogen (secondary N) is 1. The summed E-state index contributed by atoms with van der Waals surface area (Å²) in [7, 11) is 1.54. The average Bonchev–Trinajstić information content (AvgIpc) is 2.63. The van der Waals surface area contributed by atoms with Gasteiger partial charge in [0.15, 0.2) is 0 Å². The molecule has 0 aliphatic carbocycles. The fourth-order valence-electron chi connectivity index (χ4n) is 2.54. The van der Waals surface area contributed by atoms with Gasteiger partial charge in [-0.25, -0.2) is 4.79 Å². The summed E-state index contributed by atoms with van der Waals surface area (Å²) in [5, 5.41) is 2.74. The topological polar surface area (TPSA) is 73.9 Å². The smallest absolute Gasteiger partial charge is 0.427 e. The average molecular weight is 433 g/mol. The predicted molar refractivity (Wildman–Crippen MR) is 106 cm³/mol. The molecule has 6 nitrogen and oxygen atoms in total. The van der Waals surface area contributed by atoms with Crippen molar-refractivity contribution in [1.29, 1.82) is 0 Å². The van der Waals surface area contributed by atoms with Crippen molar-refractivity contribution in [1.82, 2.24) is 5.32 Å². The van der Waals surface area contributed by atoms with Gasteiger partial charge in [-0.15, -0.1) is 0 Å². The first-order valence-electron chi connectivity index (χ1n) is 9.67. The van der Waals surface area contributed by atoms with Crippen LogP contribution in [0.2, 0.25) is 0 Å². The molecule has 0 bridgehead atoms. The van der Waals surface area contributed by atoms with Crippen LogP contribution < -0.4 is 10.1 Å². The van der Waals surface area contributed by atoms with Gasteiger partial charge in [-0.2, -0.15) is 13.2 Å². The number of ether oxygens (including phenoxy) is 3. The Balaban J connectivity index is 3.14. The number of hydrogen-bond acceptors (Lipinski definition) is 5. The van der Waals surface area contributed by atoms with Crippen LogP contribution in [0.3, 0.4) is 0 Å². The van der Waals surface area contributed by atoms with E-state index in [4.69, 9.17) is 14.2 Å². The highest BCUT2D eigenvalue weighted by atomic mass is 19.4. The minimum Gasteiger partial charge on any atom is -0.493 e. The second-order valence-electron chi connectivity index (χ2n) is 7.76. The summed E-state index contributed by atoms with van der Waals surface area (Å²) >= 11 is 0. The SMILES string of the molecule is COCCCOc1cc(CC(NC=O)C(C)C)ccc1C(=O)OC(C)(C)C(F)(F)F. The molecule has 0 aliphatic heterocycles. The van der Waals surface area contributed by atoms with Crippen molar-refractivity contribution < 1.29 is 37.0 Å². The summed E-state index contributed by atoms with van der Waals surface area (Å²) in [5.41, 5.74) is -1.98. The van der Waals surface area contributed by atoms with Crippen LogP contribution in [-0.2, 0) is 20.7 Å². The number of carbonyl (C=O) groups is 2. The van der Waals surface area contributed by atoms with Gasteiger partial charge in [0.2, 0.25) is 12.0 Å². The minimum absolute atomic E-state index is 0.0991. The Labute approximate surface area is 175 Å². The van der Waals surface area contributed by atoms with Gasteiger partial charge >= 0.3 is 12.1 Å². The monoisotopic (exact) mass is 433 g/mol. The van der Waals surface area contributed by atoms with Gasteiger partial charge in [-0.1, -0.05) is 19.9 Å². The molecular weight excluding hydrogens is 403 g/mol. The minimum atomic E-state index is -4.72. The summed E-state index contributed by atoms with van der Waals surface area (Å²) < 4.78 is 54.6. The first-order valence-corrected chi connectivity index (χ1v) is 9.67. The number of esters is 1. The molecule has 0 fully saturated rings. The number of hydrogen-bond donors (Lipinski definition) is 1. The molecule has 1 atom stereocenters. The summed E-state index contributed by atoms with van der Waals surface area (Å²) in [5.74, 6) is -0.851. The molecule has 0 aliphatic rings. The maximum atomic E-state index is 13.1.